The van der Waals surface area contributed by atoms with Gasteiger partial charge in [-0.15, -0.1) is 0 Å². The molecular formula is C60H42N2. The molecule has 62 heavy (non-hydrogen) atoms. The molecule has 0 aliphatic carbocycles. The van der Waals surface area contributed by atoms with E-state index < -0.39 is 0 Å². The second-order valence-electron chi connectivity index (χ2n) is 15.7. The summed E-state index contributed by atoms with van der Waals surface area (Å²) < 4.78 is 0. The van der Waals surface area contributed by atoms with Gasteiger partial charge in [-0.25, -0.2) is 0 Å². The van der Waals surface area contributed by atoms with Crippen LogP contribution in [0.2, 0.25) is 0 Å². The Kier molecular flexibility index (Phi) is 9.57. The Morgan fingerprint density at radius 3 is 0.952 bits per heavy atom. The molecule has 11 aromatic carbocycles. The van der Waals surface area contributed by atoms with Crippen LogP contribution in [0.25, 0.3) is 65.7 Å². The van der Waals surface area contributed by atoms with Crippen LogP contribution in [-0.4, -0.2) is 0 Å². The van der Waals surface area contributed by atoms with Gasteiger partial charge in [0.1, 0.15) is 0 Å². The molecule has 0 aliphatic heterocycles. The zero-order valence-corrected chi connectivity index (χ0v) is 34.1. The first-order valence-corrected chi connectivity index (χ1v) is 21.3. The Balaban J connectivity index is 0.971. The Morgan fingerprint density at radius 2 is 0.500 bits per heavy atom. The lowest BCUT2D eigenvalue weighted by Crippen LogP contribution is -2.12. The third-order valence-electron chi connectivity index (χ3n) is 12.0. The maximum Gasteiger partial charge on any atom is 0.0463 e. The van der Waals surface area contributed by atoms with Crippen molar-refractivity contribution in [2.24, 2.45) is 0 Å². The first kappa shape index (κ1) is 36.8. The maximum absolute atomic E-state index is 2.34. The minimum atomic E-state index is 1.08. The van der Waals surface area contributed by atoms with Gasteiger partial charge in [-0.3, -0.25) is 0 Å². The van der Waals surface area contributed by atoms with Gasteiger partial charge in [-0.1, -0.05) is 182 Å². The summed E-state index contributed by atoms with van der Waals surface area (Å²) in [5, 5.41) is 7.52. The molecule has 292 valence electrons. The highest BCUT2D eigenvalue weighted by Gasteiger charge is 2.19. The normalized spacial score (nSPS) is 11.2. The number of hydrogen-bond acceptors (Lipinski definition) is 2. The van der Waals surface area contributed by atoms with E-state index in [1.54, 1.807) is 0 Å². The summed E-state index contributed by atoms with van der Waals surface area (Å²) in [6.07, 6.45) is 0. The molecule has 0 unspecified atom stereocenters. The summed E-state index contributed by atoms with van der Waals surface area (Å²) >= 11 is 0. The molecule has 0 heterocycles. The molecule has 0 spiro atoms. The van der Waals surface area contributed by atoms with Crippen LogP contribution in [0.5, 0.6) is 0 Å². The maximum atomic E-state index is 2.34. The van der Waals surface area contributed by atoms with E-state index in [1.807, 2.05) is 0 Å². The van der Waals surface area contributed by atoms with Crippen molar-refractivity contribution in [3.8, 4) is 33.4 Å². The lowest BCUT2D eigenvalue weighted by Gasteiger charge is -2.28. The van der Waals surface area contributed by atoms with Gasteiger partial charge in [0.25, 0.3) is 0 Å². The Morgan fingerprint density at radius 1 is 0.194 bits per heavy atom. The molecule has 11 rings (SSSR count). The lowest BCUT2D eigenvalue weighted by atomic mass is 9.86. The largest absolute Gasteiger partial charge is 0.311 e. The molecule has 0 aliphatic rings. The second kappa shape index (κ2) is 16.1. The van der Waals surface area contributed by atoms with E-state index in [4.69, 9.17) is 0 Å². The average molecular weight is 791 g/mol. The standard InChI is InChI=1S/C60H42N2/c1-4-18-45(19-5-1)59-55-26-12-14-28-57(55)60(58-29-15-13-27-56(58)59)46-33-37-50(38-34-46)62(48-23-8-3-9-24-48)52-41-39-51(40-42-52)61(47-21-6-2-7-22-47)49-35-31-44(32-36-49)54-30-16-20-43-17-10-11-25-53(43)54/h1-42H. The molecule has 2 nitrogen and oxygen atoms in total. The molecule has 0 saturated heterocycles. The zero-order valence-electron chi connectivity index (χ0n) is 34.1. The zero-order chi connectivity index (χ0) is 41.2. The fourth-order valence-corrected chi connectivity index (χ4v) is 9.20. The van der Waals surface area contributed by atoms with Crippen molar-refractivity contribution in [1.29, 1.82) is 0 Å². The lowest BCUT2D eigenvalue weighted by molar-refractivity contribution is 1.26. The predicted molar refractivity (Wildman–Crippen MR) is 265 cm³/mol. The fraction of sp³-hybridized carbons (Fsp3) is 0. The molecular weight excluding hydrogens is 749 g/mol. The molecule has 0 amide bonds. The molecule has 0 fully saturated rings. The van der Waals surface area contributed by atoms with E-state index in [0.29, 0.717) is 0 Å². The third kappa shape index (κ3) is 6.74. The molecule has 0 aromatic heterocycles. The molecule has 2 heteroatoms. The molecule has 0 saturated carbocycles. The molecule has 0 N–H and O–H groups in total. The van der Waals surface area contributed by atoms with E-state index in [2.05, 4.69) is 265 Å². The van der Waals surface area contributed by atoms with Crippen LogP contribution in [0.1, 0.15) is 0 Å². The first-order chi connectivity index (χ1) is 30.8. The van der Waals surface area contributed by atoms with Gasteiger partial charge >= 0.3 is 0 Å². The van der Waals surface area contributed by atoms with Crippen molar-refractivity contribution in [2.45, 2.75) is 0 Å². The van der Waals surface area contributed by atoms with E-state index in [-0.39, 0.29) is 0 Å². The molecule has 11 aromatic rings. The van der Waals surface area contributed by atoms with Crippen LogP contribution in [-0.2, 0) is 0 Å². The van der Waals surface area contributed by atoms with Crippen molar-refractivity contribution < 1.29 is 0 Å². The summed E-state index contributed by atoms with van der Waals surface area (Å²) in [6.45, 7) is 0. The van der Waals surface area contributed by atoms with Gasteiger partial charge < -0.3 is 9.80 Å². The van der Waals surface area contributed by atoms with Gasteiger partial charge in [0.05, 0.1) is 0 Å². The number of anilines is 6. The summed E-state index contributed by atoms with van der Waals surface area (Å²) in [4.78, 5) is 4.67. The second-order valence-corrected chi connectivity index (χ2v) is 15.7. The van der Waals surface area contributed by atoms with Gasteiger partial charge in [-0.05, 0) is 138 Å². The van der Waals surface area contributed by atoms with Gasteiger partial charge in [-0.2, -0.15) is 0 Å². The SMILES string of the molecule is c1ccc(-c2c3ccccc3c(-c3ccc(N(c4ccccc4)c4ccc(N(c5ccccc5)c5ccc(-c6cccc7ccccc67)cc5)cc4)cc3)c3ccccc23)cc1. The molecule has 0 radical (unpaired) electrons. The van der Waals surface area contributed by atoms with E-state index in [9.17, 15) is 0 Å². The summed E-state index contributed by atoms with van der Waals surface area (Å²) in [7, 11) is 0. The first-order valence-electron chi connectivity index (χ1n) is 21.3. The number of fused-ring (bicyclic) bond motifs is 3. The van der Waals surface area contributed by atoms with Crippen molar-refractivity contribution in [1.82, 2.24) is 0 Å². The van der Waals surface area contributed by atoms with Gasteiger partial charge in [0, 0.05) is 34.1 Å². The van der Waals surface area contributed by atoms with Gasteiger partial charge in [0.15, 0.2) is 0 Å². The van der Waals surface area contributed by atoms with Crippen molar-refractivity contribution in [3.63, 3.8) is 0 Å². The number of nitrogens with zero attached hydrogens (tertiary/aromatic N) is 2. The summed E-state index contributed by atoms with van der Waals surface area (Å²) in [6, 6.07) is 91.9. The van der Waals surface area contributed by atoms with Crippen molar-refractivity contribution in [3.05, 3.63) is 255 Å². The minimum absolute atomic E-state index is 1.08. The topological polar surface area (TPSA) is 6.48 Å². The highest BCUT2D eigenvalue weighted by atomic mass is 15.2. The Bertz CT molecular complexity index is 3240. The number of benzene rings is 11. The van der Waals surface area contributed by atoms with Crippen LogP contribution in [0.3, 0.4) is 0 Å². The van der Waals surface area contributed by atoms with E-state index in [1.165, 1.54) is 65.7 Å². The number of para-hydroxylation sites is 2. The quantitative estimate of drug-likeness (QED) is 0.134. The van der Waals surface area contributed by atoms with Crippen LogP contribution in [0.15, 0.2) is 255 Å². The summed E-state index contributed by atoms with van der Waals surface area (Å²) in [5.74, 6) is 0. The van der Waals surface area contributed by atoms with Crippen LogP contribution >= 0.6 is 0 Å². The molecule has 0 atom stereocenters. The number of hydrogen-bond donors (Lipinski definition) is 0. The van der Waals surface area contributed by atoms with E-state index in [0.717, 1.165) is 34.1 Å². The van der Waals surface area contributed by atoms with Crippen molar-refractivity contribution in [2.75, 3.05) is 9.80 Å². The number of rotatable bonds is 9. The Labute approximate surface area is 362 Å². The highest BCUT2D eigenvalue weighted by Crippen LogP contribution is 2.45. The van der Waals surface area contributed by atoms with Crippen LogP contribution in [0, 0.1) is 0 Å². The van der Waals surface area contributed by atoms with Crippen molar-refractivity contribution >= 4 is 66.4 Å². The monoisotopic (exact) mass is 790 g/mol. The van der Waals surface area contributed by atoms with Gasteiger partial charge in [0.2, 0.25) is 0 Å². The smallest absolute Gasteiger partial charge is 0.0463 e. The fourth-order valence-electron chi connectivity index (χ4n) is 9.20. The highest BCUT2D eigenvalue weighted by molar-refractivity contribution is 6.21. The Hall–Kier alpha value is -8.20. The van der Waals surface area contributed by atoms with Crippen LogP contribution in [0.4, 0.5) is 34.1 Å². The third-order valence-corrected chi connectivity index (χ3v) is 12.0. The van der Waals surface area contributed by atoms with Crippen LogP contribution < -0.4 is 9.80 Å². The average Bonchev–Trinajstić information content (AvgIpc) is 3.35. The predicted octanol–water partition coefficient (Wildman–Crippen LogP) is 17.1. The minimum Gasteiger partial charge on any atom is -0.311 e. The van der Waals surface area contributed by atoms with E-state index >= 15 is 0 Å². The summed E-state index contributed by atoms with van der Waals surface area (Å²) in [5.41, 5.74) is 13.9. The molecule has 0 bridgehead atoms.